The van der Waals surface area contributed by atoms with Crippen molar-refractivity contribution in [1.82, 2.24) is 9.55 Å². The van der Waals surface area contributed by atoms with Gasteiger partial charge in [0.25, 0.3) is 5.56 Å². The summed E-state index contributed by atoms with van der Waals surface area (Å²) in [6, 6.07) is 6.53. The van der Waals surface area contributed by atoms with Gasteiger partial charge in [-0.2, -0.15) is 0 Å². The number of carbonyl (C=O) groups is 2. The van der Waals surface area contributed by atoms with Crippen LogP contribution in [0.2, 0.25) is 0 Å². The van der Waals surface area contributed by atoms with E-state index in [2.05, 4.69) is 17.2 Å². The van der Waals surface area contributed by atoms with Crippen molar-refractivity contribution in [2.24, 2.45) is 0 Å². The van der Waals surface area contributed by atoms with Gasteiger partial charge in [0, 0.05) is 23.9 Å². The monoisotopic (exact) mass is 433 g/mol. The molecular weight excluding hydrogens is 410 g/mol. The fraction of sp³-hybridized carbons (Fsp3) is 0.400. The van der Waals surface area contributed by atoms with E-state index in [0.717, 1.165) is 17.0 Å². The molecule has 29 heavy (non-hydrogen) atoms. The van der Waals surface area contributed by atoms with Gasteiger partial charge in [0.2, 0.25) is 5.91 Å². The lowest BCUT2D eigenvalue weighted by Gasteiger charge is -2.11. The molecule has 0 spiro atoms. The van der Waals surface area contributed by atoms with Gasteiger partial charge in [-0.1, -0.05) is 18.7 Å². The molecule has 1 amide bonds. The second-order valence-electron chi connectivity index (χ2n) is 6.49. The van der Waals surface area contributed by atoms with Gasteiger partial charge in [0.05, 0.1) is 28.5 Å². The third kappa shape index (κ3) is 5.02. The van der Waals surface area contributed by atoms with Crippen molar-refractivity contribution in [2.75, 3.05) is 17.7 Å². The van der Waals surface area contributed by atoms with Gasteiger partial charge in [0.15, 0.2) is 5.16 Å². The van der Waals surface area contributed by atoms with E-state index >= 15 is 0 Å². The fourth-order valence-corrected chi connectivity index (χ4v) is 4.95. The molecule has 0 bridgehead atoms. The average Bonchev–Trinajstić information content (AvgIpc) is 3.08. The summed E-state index contributed by atoms with van der Waals surface area (Å²) < 4.78 is 6.56. The predicted molar refractivity (Wildman–Crippen MR) is 115 cm³/mol. The first-order valence-electron chi connectivity index (χ1n) is 9.43. The topological polar surface area (TPSA) is 90.3 Å². The van der Waals surface area contributed by atoms with Crippen molar-refractivity contribution in [3.63, 3.8) is 0 Å². The molecule has 1 aromatic heterocycles. The molecule has 0 fully saturated rings. The van der Waals surface area contributed by atoms with Crippen LogP contribution in [0.5, 0.6) is 0 Å². The fourth-order valence-electron chi connectivity index (χ4n) is 2.95. The van der Waals surface area contributed by atoms with Crippen LogP contribution in [-0.2, 0) is 22.5 Å². The minimum Gasteiger partial charge on any atom is -0.462 e. The highest BCUT2D eigenvalue weighted by Gasteiger charge is 2.26. The van der Waals surface area contributed by atoms with Crippen LogP contribution < -0.4 is 10.9 Å². The molecule has 3 rings (SSSR count). The zero-order valence-corrected chi connectivity index (χ0v) is 18.2. The van der Waals surface area contributed by atoms with Crippen LogP contribution >= 0.6 is 23.5 Å². The van der Waals surface area contributed by atoms with E-state index in [4.69, 9.17) is 4.74 Å². The molecule has 9 heteroatoms. The van der Waals surface area contributed by atoms with Crippen LogP contribution in [0.1, 0.15) is 36.8 Å². The number of fused-ring (bicyclic) bond motifs is 1. The van der Waals surface area contributed by atoms with Gasteiger partial charge < -0.3 is 10.1 Å². The number of aromatic nitrogens is 2. The Bertz CT molecular complexity index is 973. The van der Waals surface area contributed by atoms with E-state index in [1.807, 2.05) is 6.92 Å². The normalized spacial score (nSPS) is 15.1. The summed E-state index contributed by atoms with van der Waals surface area (Å²) in [5, 5.41) is 3.70. The van der Waals surface area contributed by atoms with Crippen LogP contribution in [0.25, 0.3) is 0 Å². The molecule has 1 aliphatic rings. The lowest BCUT2D eigenvalue weighted by molar-refractivity contribution is -0.113. The number of hydrogen-bond acceptors (Lipinski definition) is 7. The number of carbonyl (C=O) groups excluding carboxylic acids is 2. The zero-order valence-electron chi connectivity index (χ0n) is 16.6. The first kappa shape index (κ1) is 21.4. The second kappa shape index (κ2) is 9.49. The van der Waals surface area contributed by atoms with Crippen LogP contribution in [0.3, 0.4) is 0 Å². The van der Waals surface area contributed by atoms with E-state index in [-0.39, 0.29) is 17.2 Å². The van der Waals surface area contributed by atoms with Gasteiger partial charge in [0.1, 0.15) is 0 Å². The molecule has 7 nitrogen and oxygen atoms in total. The largest absolute Gasteiger partial charge is 0.462 e. The Balaban J connectivity index is 1.64. The zero-order chi connectivity index (χ0) is 21.0. The first-order chi connectivity index (χ1) is 13.9. The van der Waals surface area contributed by atoms with Crippen molar-refractivity contribution in [1.29, 1.82) is 0 Å². The van der Waals surface area contributed by atoms with E-state index < -0.39 is 5.97 Å². The number of hydrogen-bond donors (Lipinski definition) is 1. The molecule has 2 heterocycles. The maximum absolute atomic E-state index is 12.7. The number of anilines is 1. The van der Waals surface area contributed by atoms with Gasteiger partial charge in [-0.05, 0) is 38.1 Å². The lowest BCUT2D eigenvalue weighted by Crippen LogP contribution is -2.25. The summed E-state index contributed by atoms with van der Waals surface area (Å²) in [6.45, 7) is 6.54. The Hall–Kier alpha value is -2.26. The van der Waals surface area contributed by atoms with E-state index in [0.29, 0.717) is 34.8 Å². The molecule has 0 aliphatic carbocycles. The quantitative estimate of drug-likeness (QED) is 0.407. The molecule has 1 atom stereocenters. The third-order valence-electron chi connectivity index (χ3n) is 4.29. The summed E-state index contributed by atoms with van der Waals surface area (Å²) in [5.74, 6) is -0.472. The van der Waals surface area contributed by atoms with E-state index in [9.17, 15) is 14.4 Å². The molecule has 1 N–H and O–H groups in total. The number of rotatable bonds is 7. The average molecular weight is 434 g/mol. The van der Waals surface area contributed by atoms with Crippen molar-refractivity contribution in [2.45, 2.75) is 49.0 Å². The molecule has 1 aromatic carbocycles. The molecule has 0 saturated carbocycles. The highest BCUT2D eigenvalue weighted by molar-refractivity contribution is 8.00. The minimum atomic E-state index is -0.395. The number of esters is 1. The second-order valence-corrected chi connectivity index (χ2v) is 8.88. The van der Waals surface area contributed by atoms with E-state index in [1.54, 1.807) is 47.5 Å². The molecule has 0 saturated heterocycles. The van der Waals surface area contributed by atoms with Crippen LogP contribution in [-0.4, -0.2) is 39.0 Å². The van der Waals surface area contributed by atoms with Gasteiger partial charge in [-0.15, -0.1) is 11.8 Å². The lowest BCUT2D eigenvalue weighted by atomic mass is 10.2. The number of benzene rings is 1. The van der Waals surface area contributed by atoms with Crippen molar-refractivity contribution < 1.29 is 14.3 Å². The summed E-state index contributed by atoms with van der Waals surface area (Å²) >= 11 is 2.82. The number of thioether (sulfide) groups is 2. The SMILES string of the molecule is CCOC(=O)c1ccc(NC(=O)CSc2nc3c(c(=O)n2CC)S[C@@H](C)C3)cc1. The van der Waals surface area contributed by atoms with Crippen LogP contribution in [0.15, 0.2) is 39.1 Å². The molecule has 0 unspecified atom stereocenters. The molecular formula is C20H23N3O4S2. The summed E-state index contributed by atoms with van der Waals surface area (Å²) in [7, 11) is 0. The Labute approximate surface area is 177 Å². The molecule has 1 aliphatic heterocycles. The number of amides is 1. The van der Waals surface area contributed by atoms with Gasteiger partial charge in [-0.25, -0.2) is 9.78 Å². The highest BCUT2D eigenvalue weighted by Crippen LogP contribution is 2.34. The van der Waals surface area contributed by atoms with Gasteiger partial charge in [-0.3, -0.25) is 14.2 Å². The Kier molecular flexibility index (Phi) is 7.02. The van der Waals surface area contributed by atoms with Crippen molar-refractivity contribution in [3.8, 4) is 0 Å². The van der Waals surface area contributed by atoms with E-state index in [1.165, 1.54) is 11.8 Å². The Morgan fingerprint density at radius 2 is 2.03 bits per heavy atom. The predicted octanol–water partition coefficient (Wildman–Crippen LogP) is 3.21. The van der Waals surface area contributed by atoms with Crippen molar-refractivity contribution in [3.05, 3.63) is 45.9 Å². The maximum Gasteiger partial charge on any atom is 0.338 e. The standard InChI is InChI=1S/C20H23N3O4S2/c1-4-23-18(25)17-15(10-12(3)29-17)22-20(23)28-11-16(24)21-14-8-6-13(7-9-14)19(26)27-5-2/h6-9,12H,4-5,10-11H2,1-3H3,(H,21,24)/t12-/m0/s1. The third-order valence-corrected chi connectivity index (χ3v) is 6.48. The Morgan fingerprint density at radius 3 is 2.69 bits per heavy atom. The van der Waals surface area contributed by atoms with Gasteiger partial charge >= 0.3 is 5.97 Å². The highest BCUT2D eigenvalue weighted by atomic mass is 32.2. The smallest absolute Gasteiger partial charge is 0.338 e. The first-order valence-corrected chi connectivity index (χ1v) is 11.3. The maximum atomic E-state index is 12.7. The van der Waals surface area contributed by atoms with Crippen LogP contribution in [0.4, 0.5) is 5.69 Å². The molecule has 2 aromatic rings. The minimum absolute atomic E-state index is 0.0238. The molecule has 154 valence electrons. The Morgan fingerprint density at radius 1 is 1.31 bits per heavy atom. The number of ether oxygens (including phenoxy) is 1. The van der Waals surface area contributed by atoms with Crippen molar-refractivity contribution >= 4 is 41.1 Å². The summed E-state index contributed by atoms with van der Waals surface area (Å²) in [6.07, 6.45) is 0.770. The van der Waals surface area contributed by atoms with Crippen LogP contribution in [0, 0.1) is 0 Å². The molecule has 0 radical (unpaired) electrons. The summed E-state index contributed by atoms with van der Waals surface area (Å²) in [4.78, 5) is 42.1. The summed E-state index contributed by atoms with van der Waals surface area (Å²) in [5.41, 5.74) is 1.82. The number of nitrogens with zero attached hydrogens (tertiary/aromatic N) is 2. The number of nitrogens with one attached hydrogen (secondary N) is 1.